The molecule has 2 aromatic heterocycles. The quantitative estimate of drug-likeness (QED) is 0.724. The third-order valence-corrected chi connectivity index (χ3v) is 3.05. The standard InChI is InChI=1S/C15H12N2O4/c1-20-15(19)9-2-4-10(5-3-9)16-14(18)12-8-13-11(17-12)6-7-21-13/h2-8,17H,1H3,(H,16,18). The predicted octanol–water partition coefficient (Wildman–Crippen LogP) is 2.80. The number of furan rings is 1. The summed E-state index contributed by atoms with van der Waals surface area (Å²) in [4.78, 5) is 26.3. The topological polar surface area (TPSA) is 84.3 Å². The molecule has 0 saturated carbocycles. The van der Waals surface area contributed by atoms with E-state index in [1.165, 1.54) is 7.11 Å². The molecule has 0 spiro atoms. The van der Waals surface area contributed by atoms with E-state index in [-0.39, 0.29) is 5.91 Å². The highest BCUT2D eigenvalue weighted by molar-refractivity contribution is 6.05. The van der Waals surface area contributed by atoms with Crippen LogP contribution in [-0.4, -0.2) is 24.0 Å². The van der Waals surface area contributed by atoms with Crippen LogP contribution in [0.4, 0.5) is 5.69 Å². The Morgan fingerprint density at radius 1 is 1.19 bits per heavy atom. The zero-order valence-electron chi connectivity index (χ0n) is 11.2. The van der Waals surface area contributed by atoms with Gasteiger partial charge in [-0.2, -0.15) is 0 Å². The Hall–Kier alpha value is -3.02. The highest BCUT2D eigenvalue weighted by atomic mass is 16.5. The lowest BCUT2D eigenvalue weighted by Crippen LogP contribution is -2.12. The van der Waals surface area contributed by atoms with Crippen molar-refractivity contribution < 1.29 is 18.7 Å². The van der Waals surface area contributed by atoms with E-state index in [4.69, 9.17) is 4.42 Å². The van der Waals surface area contributed by atoms with Gasteiger partial charge in [0, 0.05) is 17.8 Å². The lowest BCUT2D eigenvalue weighted by molar-refractivity contribution is 0.0600. The summed E-state index contributed by atoms with van der Waals surface area (Å²) in [6.07, 6.45) is 1.55. The van der Waals surface area contributed by atoms with Crippen LogP contribution >= 0.6 is 0 Å². The Labute approximate surface area is 119 Å². The number of aromatic amines is 1. The van der Waals surface area contributed by atoms with Crippen molar-refractivity contribution in [1.29, 1.82) is 0 Å². The molecule has 106 valence electrons. The number of aromatic nitrogens is 1. The Morgan fingerprint density at radius 3 is 2.62 bits per heavy atom. The fourth-order valence-electron chi connectivity index (χ4n) is 1.98. The van der Waals surface area contributed by atoms with Gasteiger partial charge in [-0.15, -0.1) is 0 Å². The number of hydrogen-bond donors (Lipinski definition) is 2. The molecule has 0 bridgehead atoms. The zero-order valence-corrected chi connectivity index (χ0v) is 11.2. The number of nitrogens with one attached hydrogen (secondary N) is 2. The fourth-order valence-corrected chi connectivity index (χ4v) is 1.98. The molecule has 0 aliphatic carbocycles. The molecule has 0 saturated heterocycles. The molecule has 0 radical (unpaired) electrons. The summed E-state index contributed by atoms with van der Waals surface area (Å²) >= 11 is 0. The molecule has 0 aliphatic heterocycles. The lowest BCUT2D eigenvalue weighted by Gasteiger charge is -2.04. The fraction of sp³-hybridized carbons (Fsp3) is 0.0667. The van der Waals surface area contributed by atoms with Crippen LogP contribution in [0.5, 0.6) is 0 Å². The van der Waals surface area contributed by atoms with Crippen LogP contribution in [-0.2, 0) is 4.74 Å². The highest BCUT2D eigenvalue weighted by Crippen LogP contribution is 2.17. The van der Waals surface area contributed by atoms with E-state index in [0.717, 1.165) is 5.52 Å². The Bertz CT molecular complexity index is 770. The maximum atomic E-state index is 12.1. The summed E-state index contributed by atoms with van der Waals surface area (Å²) in [6.45, 7) is 0. The molecule has 2 N–H and O–H groups in total. The molecule has 0 aliphatic rings. The van der Waals surface area contributed by atoms with E-state index in [1.807, 2.05) is 0 Å². The number of carbonyl (C=O) groups is 2. The van der Waals surface area contributed by atoms with Gasteiger partial charge < -0.3 is 19.5 Å². The molecule has 0 unspecified atom stereocenters. The minimum Gasteiger partial charge on any atom is -0.465 e. The van der Waals surface area contributed by atoms with Crippen LogP contribution in [0.3, 0.4) is 0 Å². The van der Waals surface area contributed by atoms with Gasteiger partial charge in [-0.1, -0.05) is 0 Å². The third-order valence-electron chi connectivity index (χ3n) is 3.05. The van der Waals surface area contributed by atoms with Crippen molar-refractivity contribution in [1.82, 2.24) is 4.98 Å². The number of amides is 1. The number of H-pyrrole nitrogens is 1. The maximum Gasteiger partial charge on any atom is 0.337 e. The van der Waals surface area contributed by atoms with E-state index >= 15 is 0 Å². The third kappa shape index (κ3) is 2.51. The zero-order chi connectivity index (χ0) is 14.8. The number of esters is 1. The van der Waals surface area contributed by atoms with Crippen molar-refractivity contribution in [2.45, 2.75) is 0 Å². The molecule has 3 rings (SSSR count). The van der Waals surface area contributed by atoms with E-state index < -0.39 is 5.97 Å². The first-order valence-corrected chi connectivity index (χ1v) is 6.23. The molecule has 2 heterocycles. The van der Waals surface area contributed by atoms with Crippen molar-refractivity contribution in [3.8, 4) is 0 Å². The minimum absolute atomic E-state index is 0.285. The molecular formula is C15H12N2O4. The van der Waals surface area contributed by atoms with Crippen LogP contribution in [0.1, 0.15) is 20.8 Å². The number of anilines is 1. The summed E-state index contributed by atoms with van der Waals surface area (Å²) in [5.41, 5.74) is 2.80. The van der Waals surface area contributed by atoms with Crippen molar-refractivity contribution >= 4 is 28.7 Å². The number of rotatable bonds is 3. The van der Waals surface area contributed by atoms with Gasteiger partial charge in [0.1, 0.15) is 5.69 Å². The first-order valence-electron chi connectivity index (χ1n) is 6.23. The van der Waals surface area contributed by atoms with Crippen molar-refractivity contribution in [3.05, 3.63) is 53.9 Å². The lowest BCUT2D eigenvalue weighted by atomic mass is 10.2. The minimum atomic E-state index is -0.419. The second-order valence-corrected chi connectivity index (χ2v) is 4.40. The maximum absolute atomic E-state index is 12.1. The summed E-state index contributed by atoms with van der Waals surface area (Å²) in [5.74, 6) is -0.704. The number of benzene rings is 1. The first kappa shape index (κ1) is 13.0. The predicted molar refractivity (Wildman–Crippen MR) is 76.3 cm³/mol. The van der Waals surface area contributed by atoms with Crippen molar-refractivity contribution in [3.63, 3.8) is 0 Å². The Morgan fingerprint density at radius 2 is 1.95 bits per heavy atom. The molecule has 6 nitrogen and oxygen atoms in total. The number of ether oxygens (including phenoxy) is 1. The number of fused-ring (bicyclic) bond motifs is 1. The largest absolute Gasteiger partial charge is 0.465 e. The summed E-state index contributed by atoms with van der Waals surface area (Å²) in [7, 11) is 1.32. The van der Waals surface area contributed by atoms with Crippen LogP contribution in [0.25, 0.3) is 11.1 Å². The Balaban J connectivity index is 1.75. The number of carbonyl (C=O) groups excluding carboxylic acids is 2. The molecule has 6 heteroatoms. The average Bonchev–Trinajstić information content (AvgIpc) is 3.08. The van der Waals surface area contributed by atoms with Gasteiger partial charge in [-0.3, -0.25) is 4.79 Å². The highest BCUT2D eigenvalue weighted by Gasteiger charge is 2.12. The van der Waals surface area contributed by atoms with E-state index in [2.05, 4.69) is 15.0 Å². The summed E-state index contributed by atoms with van der Waals surface area (Å²) in [5, 5.41) is 2.73. The number of methoxy groups -OCH3 is 1. The average molecular weight is 284 g/mol. The van der Waals surface area contributed by atoms with E-state index in [9.17, 15) is 9.59 Å². The van der Waals surface area contributed by atoms with Crippen LogP contribution in [0, 0.1) is 0 Å². The molecule has 21 heavy (non-hydrogen) atoms. The number of hydrogen-bond acceptors (Lipinski definition) is 4. The summed E-state index contributed by atoms with van der Waals surface area (Å²) < 4.78 is 9.80. The van der Waals surface area contributed by atoms with Gasteiger partial charge in [-0.05, 0) is 24.3 Å². The first-order chi connectivity index (χ1) is 10.2. The second-order valence-electron chi connectivity index (χ2n) is 4.40. The Kier molecular flexibility index (Phi) is 3.19. The van der Waals surface area contributed by atoms with Crippen LogP contribution in [0.2, 0.25) is 0 Å². The van der Waals surface area contributed by atoms with Crippen LogP contribution < -0.4 is 5.32 Å². The molecule has 1 amide bonds. The van der Waals surface area contributed by atoms with E-state index in [0.29, 0.717) is 22.5 Å². The molecule has 1 aromatic carbocycles. The van der Waals surface area contributed by atoms with Gasteiger partial charge in [0.05, 0.1) is 24.5 Å². The molecule has 0 fully saturated rings. The van der Waals surface area contributed by atoms with Gasteiger partial charge in [0.25, 0.3) is 5.91 Å². The molecule has 0 atom stereocenters. The van der Waals surface area contributed by atoms with Gasteiger partial charge in [0.15, 0.2) is 5.58 Å². The summed E-state index contributed by atoms with van der Waals surface area (Å²) in [6, 6.07) is 9.82. The smallest absolute Gasteiger partial charge is 0.337 e. The molecular weight excluding hydrogens is 272 g/mol. The van der Waals surface area contributed by atoms with Crippen LogP contribution in [0.15, 0.2) is 47.1 Å². The normalized spacial score (nSPS) is 10.5. The molecule has 3 aromatic rings. The van der Waals surface area contributed by atoms with Gasteiger partial charge >= 0.3 is 5.97 Å². The second kappa shape index (κ2) is 5.16. The van der Waals surface area contributed by atoms with Gasteiger partial charge in [0.2, 0.25) is 0 Å². The van der Waals surface area contributed by atoms with Crippen molar-refractivity contribution in [2.24, 2.45) is 0 Å². The van der Waals surface area contributed by atoms with E-state index in [1.54, 1.807) is 42.7 Å². The van der Waals surface area contributed by atoms with Crippen molar-refractivity contribution in [2.75, 3.05) is 12.4 Å². The monoisotopic (exact) mass is 284 g/mol. The SMILES string of the molecule is COC(=O)c1ccc(NC(=O)c2cc3occc3[nH]2)cc1. The van der Waals surface area contributed by atoms with Gasteiger partial charge in [-0.25, -0.2) is 4.79 Å².